The number of aromatic nitrogens is 2. The Bertz CT molecular complexity index is 1000. The van der Waals surface area contributed by atoms with Crippen LogP contribution in [-0.4, -0.2) is 27.6 Å². The molecule has 0 aliphatic rings. The first kappa shape index (κ1) is 17.0. The summed E-state index contributed by atoms with van der Waals surface area (Å²) >= 11 is 6.26. The van der Waals surface area contributed by atoms with Crippen molar-refractivity contribution in [1.29, 1.82) is 0 Å². The standard InChI is InChI=1S/C18H15ClN2O4/c1-25-15(22)10-12(11-6-2-3-7-13(11)19)16-17(23)20-14-8-4-5-9-21(14)18(16)24/h2-9,12,23H,10H2,1H3/t12-/m0/s1. The first-order valence-corrected chi connectivity index (χ1v) is 7.92. The molecule has 0 spiro atoms. The molecule has 0 unspecified atom stereocenters. The van der Waals surface area contributed by atoms with Gasteiger partial charge in [0.15, 0.2) is 0 Å². The number of aromatic hydroxyl groups is 1. The van der Waals surface area contributed by atoms with Crippen LogP contribution in [0.15, 0.2) is 53.5 Å². The fourth-order valence-corrected chi connectivity index (χ4v) is 3.04. The molecule has 0 aliphatic carbocycles. The Labute approximate surface area is 148 Å². The lowest BCUT2D eigenvalue weighted by Gasteiger charge is -2.18. The Hall–Kier alpha value is -2.86. The van der Waals surface area contributed by atoms with Gasteiger partial charge in [-0.2, -0.15) is 4.98 Å². The number of fused-ring (bicyclic) bond motifs is 1. The highest BCUT2D eigenvalue weighted by atomic mass is 35.5. The predicted octanol–water partition coefficient (Wildman–Crippen LogP) is 2.75. The third-order valence-corrected chi connectivity index (χ3v) is 4.32. The molecule has 0 aliphatic heterocycles. The molecule has 25 heavy (non-hydrogen) atoms. The molecule has 2 heterocycles. The van der Waals surface area contributed by atoms with Crippen LogP contribution in [0.25, 0.3) is 5.65 Å². The molecular weight excluding hydrogens is 344 g/mol. The van der Waals surface area contributed by atoms with Gasteiger partial charge in [0.1, 0.15) is 5.65 Å². The molecule has 0 radical (unpaired) electrons. The van der Waals surface area contributed by atoms with Crippen LogP contribution in [0.2, 0.25) is 5.02 Å². The number of benzene rings is 1. The maximum atomic E-state index is 12.9. The molecule has 3 aromatic rings. The lowest BCUT2D eigenvalue weighted by Crippen LogP contribution is -2.24. The summed E-state index contributed by atoms with van der Waals surface area (Å²) in [6.45, 7) is 0. The van der Waals surface area contributed by atoms with Crippen LogP contribution in [0.5, 0.6) is 5.88 Å². The second-order valence-corrected chi connectivity index (χ2v) is 5.84. The Balaban J connectivity index is 2.27. The van der Waals surface area contributed by atoms with Crippen LogP contribution >= 0.6 is 11.6 Å². The molecule has 0 saturated carbocycles. The smallest absolute Gasteiger partial charge is 0.306 e. The predicted molar refractivity (Wildman–Crippen MR) is 93.1 cm³/mol. The maximum Gasteiger partial charge on any atom is 0.306 e. The first-order valence-electron chi connectivity index (χ1n) is 7.54. The fourth-order valence-electron chi connectivity index (χ4n) is 2.77. The van der Waals surface area contributed by atoms with Crippen molar-refractivity contribution in [3.8, 4) is 5.88 Å². The van der Waals surface area contributed by atoms with Crippen molar-refractivity contribution in [2.45, 2.75) is 12.3 Å². The SMILES string of the molecule is COC(=O)C[C@@H](c1ccccc1Cl)c1c(O)nc2ccccn2c1=O. The first-order chi connectivity index (χ1) is 12.0. The number of nitrogens with zero attached hydrogens (tertiary/aromatic N) is 2. The minimum Gasteiger partial charge on any atom is -0.493 e. The van der Waals surface area contributed by atoms with Gasteiger partial charge in [0.2, 0.25) is 5.88 Å². The molecule has 7 heteroatoms. The van der Waals surface area contributed by atoms with E-state index in [0.29, 0.717) is 16.2 Å². The number of hydrogen-bond acceptors (Lipinski definition) is 5. The van der Waals surface area contributed by atoms with Gasteiger partial charge in [-0.1, -0.05) is 35.9 Å². The highest BCUT2D eigenvalue weighted by Gasteiger charge is 2.28. The summed E-state index contributed by atoms with van der Waals surface area (Å²) in [6, 6.07) is 11.8. The highest BCUT2D eigenvalue weighted by molar-refractivity contribution is 6.31. The molecule has 1 atom stereocenters. The number of esters is 1. The number of pyridine rings is 1. The molecule has 1 N–H and O–H groups in total. The van der Waals surface area contributed by atoms with Crippen molar-refractivity contribution in [2.24, 2.45) is 0 Å². The van der Waals surface area contributed by atoms with E-state index in [0.717, 1.165) is 0 Å². The average molecular weight is 359 g/mol. The maximum absolute atomic E-state index is 12.9. The molecular formula is C18H15ClN2O4. The van der Waals surface area contributed by atoms with Gasteiger partial charge in [0, 0.05) is 17.1 Å². The van der Waals surface area contributed by atoms with Crippen LogP contribution in [0.3, 0.4) is 0 Å². The van der Waals surface area contributed by atoms with E-state index in [4.69, 9.17) is 16.3 Å². The number of carbonyl (C=O) groups excluding carboxylic acids is 1. The van der Waals surface area contributed by atoms with E-state index in [2.05, 4.69) is 4.98 Å². The van der Waals surface area contributed by atoms with Gasteiger partial charge in [0.25, 0.3) is 5.56 Å². The zero-order valence-electron chi connectivity index (χ0n) is 13.3. The van der Waals surface area contributed by atoms with Crippen molar-refractivity contribution in [3.05, 3.63) is 75.2 Å². The van der Waals surface area contributed by atoms with Crippen molar-refractivity contribution < 1.29 is 14.6 Å². The lowest BCUT2D eigenvalue weighted by molar-refractivity contribution is -0.140. The van der Waals surface area contributed by atoms with Crippen LogP contribution in [0.4, 0.5) is 0 Å². The molecule has 128 valence electrons. The van der Waals surface area contributed by atoms with Gasteiger partial charge in [-0.3, -0.25) is 14.0 Å². The fraction of sp³-hybridized carbons (Fsp3) is 0.167. The number of halogens is 1. The lowest BCUT2D eigenvalue weighted by atomic mass is 9.89. The van der Waals surface area contributed by atoms with Crippen LogP contribution in [0, 0.1) is 0 Å². The highest BCUT2D eigenvalue weighted by Crippen LogP contribution is 2.35. The number of methoxy groups -OCH3 is 1. The van der Waals surface area contributed by atoms with E-state index in [9.17, 15) is 14.7 Å². The van der Waals surface area contributed by atoms with E-state index in [1.165, 1.54) is 11.5 Å². The molecule has 6 nitrogen and oxygen atoms in total. The zero-order valence-corrected chi connectivity index (χ0v) is 14.1. The minimum absolute atomic E-state index is 0.00204. The number of ether oxygens (including phenoxy) is 1. The summed E-state index contributed by atoms with van der Waals surface area (Å²) in [5.41, 5.74) is 0.392. The van der Waals surface area contributed by atoms with Gasteiger partial charge in [-0.05, 0) is 23.8 Å². The second-order valence-electron chi connectivity index (χ2n) is 5.44. The normalized spacial score (nSPS) is 12.1. The summed E-state index contributed by atoms with van der Waals surface area (Å²) in [7, 11) is 1.26. The van der Waals surface area contributed by atoms with Crippen LogP contribution in [-0.2, 0) is 9.53 Å². The number of carbonyl (C=O) groups is 1. The Morgan fingerprint density at radius 3 is 2.72 bits per heavy atom. The molecule has 0 saturated heterocycles. The van der Waals surface area contributed by atoms with Gasteiger partial charge in [0.05, 0.1) is 19.1 Å². The molecule has 0 amide bonds. The molecule has 0 bridgehead atoms. The quantitative estimate of drug-likeness (QED) is 0.725. The van der Waals surface area contributed by atoms with Gasteiger partial charge < -0.3 is 9.84 Å². The third kappa shape index (κ3) is 3.21. The van der Waals surface area contributed by atoms with Crippen LogP contribution < -0.4 is 5.56 Å². The Morgan fingerprint density at radius 1 is 1.28 bits per heavy atom. The van der Waals surface area contributed by atoms with Crippen molar-refractivity contribution in [1.82, 2.24) is 9.38 Å². The molecule has 3 rings (SSSR count). The van der Waals surface area contributed by atoms with Crippen LogP contribution in [0.1, 0.15) is 23.5 Å². The number of hydrogen-bond donors (Lipinski definition) is 1. The van der Waals surface area contributed by atoms with E-state index < -0.39 is 23.3 Å². The summed E-state index contributed by atoms with van der Waals surface area (Å²) in [6.07, 6.45) is 1.40. The molecule has 2 aromatic heterocycles. The van der Waals surface area contributed by atoms with Crippen molar-refractivity contribution in [2.75, 3.05) is 7.11 Å². The van der Waals surface area contributed by atoms with Gasteiger partial charge >= 0.3 is 5.97 Å². The van der Waals surface area contributed by atoms with E-state index in [-0.39, 0.29) is 12.0 Å². The van der Waals surface area contributed by atoms with E-state index >= 15 is 0 Å². The van der Waals surface area contributed by atoms with E-state index in [1.807, 2.05) is 0 Å². The van der Waals surface area contributed by atoms with Gasteiger partial charge in [-0.25, -0.2) is 0 Å². The Kier molecular flexibility index (Phi) is 4.72. The average Bonchev–Trinajstić information content (AvgIpc) is 2.61. The Morgan fingerprint density at radius 2 is 2.00 bits per heavy atom. The molecule has 1 aromatic carbocycles. The van der Waals surface area contributed by atoms with Crippen molar-refractivity contribution in [3.63, 3.8) is 0 Å². The topological polar surface area (TPSA) is 80.9 Å². The van der Waals surface area contributed by atoms with E-state index in [1.54, 1.807) is 48.7 Å². The monoisotopic (exact) mass is 358 g/mol. The largest absolute Gasteiger partial charge is 0.493 e. The molecule has 0 fully saturated rings. The minimum atomic E-state index is -0.779. The second kappa shape index (κ2) is 6.94. The summed E-state index contributed by atoms with van der Waals surface area (Å²) in [5, 5.41) is 10.8. The van der Waals surface area contributed by atoms with Gasteiger partial charge in [-0.15, -0.1) is 0 Å². The summed E-state index contributed by atoms with van der Waals surface area (Å²) in [4.78, 5) is 28.9. The zero-order chi connectivity index (χ0) is 18.0. The summed E-state index contributed by atoms with van der Waals surface area (Å²) < 4.78 is 6.05. The number of rotatable bonds is 4. The third-order valence-electron chi connectivity index (χ3n) is 3.98. The van der Waals surface area contributed by atoms with Crippen molar-refractivity contribution >= 4 is 23.2 Å². The summed E-state index contributed by atoms with van der Waals surface area (Å²) in [5.74, 6) is -1.73.